The van der Waals surface area contributed by atoms with Gasteiger partial charge in [0.2, 0.25) is 0 Å². The number of anilines is 1. The maximum Gasteiger partial charge on any atom is 0.147 e. The normalized spacial score (nSPS) is 10.1. The molecule has 0 aliphatic heterocycles. The van der Waals surface area contributed by atoms with E-state index in [2.05, 4.69) is 11.9 Å². The van der Waals surface area contributed by atoms with Gasteiger partial charge in [0.25, 0.3) is 0 Å². The van der Waals surface area contributed by atoms with E-state index in [4.69, 9.17) is 16.3 Å². The third kappa shape index (κ3) is 3.75. The first-order valence-corrected chi connectivity index (χ1v) is 6.59. The summed E-state index contributed by atoms with van der Waals surface area (Å²) in [5.41, 5.74) is 1.36. The predicted octanol–water partition coefficient (Wildman–Crippen LogP) is 4.66. The van der Waals surface area contributed by atoms with Crippen molar-refractivity contribution in [2.24, 2.45) is 0 Å². The van der Waals surface area contributed by atoms with Crippen LogP contribution in [0.4, 0.5) is 10.1 Å². The molecule has 0 amide bonds. The van der Waals surface area contributed by atoms with Crippen LogP contribution in [0.25, 0.3) is 0 Å². The van der Waals surface area contributed by atoms with Crippen LogP contribution in [0.1, 0.15) is 5.56 Å². The van der Waals surface area contributed by atoms with E-state index < -0.39 is 0 Å². The molecule has 0 bridgehead atoms. The van der Waals surface area contributed by atoms with Gasteiger partial charge in [-0.05, 0) is 24.3 Å². The molecule has 104 valence electrons. The zero-order valence-electron chi connectivity index (χ0n) is 10.9. The average molecular weight is 292 g/mol. The quantitative estimate of drug-likeness (QED) is 0.782. The fraction of sp³-hybridized carbons (Fsp3) is 0.125. The molecule has 2 aromatic rings. The lowest BCUT2D eigenvalue weighted by atomic mass is 10.2. The Hall–Kier alpha value is -2.00. The Morgan fingerprint density at radius 1 is 1.25 bits per heavy atom. The van der Waals surface area contributed by atoms with Gasteiger partial charge in [0, 0.05) is 17.1 Å². The molecule has 2 rings (SSSR count). The summed E-state index contributed by atoms with van der Waals surface area (Å²) in [5, 5.41) is 3.41. The molecule has 0 fully saturated rings. The van der Waals surface area contributed by atoms with Gasteiger partial charge < -0.3 is 10.1 Å². The molecule has 0 saturated carbocycles. The standard InChI is InChI=1S/C16H15ClFNO/c1-2-9-20-16-6-4-3-5-12(16)11-19-15-8-7-13(17)10-14(15)18/h2-8,10,19H,1,9,11H2. The lowest BCUT2D eigenvalue weighted by Crippen LogP contribution is -2.04. The van der Waals surface area contributed by atoms with Gasteiger partial charge in [-0.15, -0.1) is 0 Å². The zero-order valence-corrected chi connectivity index (χ0v) is 11.7. The van der Waals surface area contributed by atoms with Crippen LogP contribution in [0.3, 0.4) is 0 Å². The monoisotopic (exact) mass is 291 g/mol. The van der Waals surface area contributed by atoms with Crippen LogP contribution in [0.2, 0.25) is 5.02 Å². The number of halogens is 2. The second-order valence-electron chi connectivity index (χ2n) is 4.19. The van der Waals surface area contributed by atoms with Crippen molar-refractivity contribution < 1.29 is 9.13 Å². The number of rotatable bonds is 6. The van der Waals surface area contributed by atoms with Crippen LogP contribution in [0.5, 0.6) is 5.75 Å². The maximum absolute atomic E-state index is 13.7. The zero-order chi connectivity index (χ0) is 14.4. The second kappa shape index (κ2) is 6.96. The van der Waals surface area contributed by atoms with E-state index in [1.807, 2.05) is 24.3 Å². The minimum Gasteiger partial charge on any atom is -0.489 e. The lowest BCUT2D eigenvalue weighted by Gasteiger charge is -2.12. The van der Waals surface area contributed by atoms with Gasteiger partial charge in [0.05, 0.1) is 5.69 Å². The lowest BCUT2D eigenvalue weighted by molar-refractivity contribution is 0.359. The van der Waals surface area contributed by atoms with Crippen molar-refractivity contribution in [2.45, 2.75) is 6.54 Å². The molecule has 0 saturated heterocycles. The topological polar surface area (TPSA) is 21.3 Å². The molecule has 0 aliphatic rings. The highest BCUT2D eigenvalue weighted by Crippen LogP contribution is 2.22. The third-order valence-electron chi connectivity index (χ3n) is 2.73. The van der Waals surface area contributed by atoms with Crippen LogP contribution in [0.15, 0.2) is 55.1 Å². The molecule has 4 heteroatoms. The van der Waals surface area contributed by atoms with E-state index in [0.29, 0.717) is 23.9 Å². The highest BCUT2D eigenvalue weighted by molar-refractivity contribution is 6.30. The summed E-state index contributed by atoms with van der Waals surface area (Å²) in [4.78, 5) is 0. The molecule has 20 heavy (non-hydrogen) atoms. The van der Waals surface area contributed by atoms with Crippen LogP contribution in [-0.2, 0) is 6.54 Å². The summed E-state index contributed by atoms with van der Waals surface area (Å²) in [6, 6.07) is 12.2. The average Bonchev–Trinajstić information content (AvgIpc) is 2.45. The Bertz CT molecular complexity index is 601. The summed E-state index contributed by atoms with van der Waals surface area (Å²) in [7, 11) is 0. The number of para-hydroxylation sites is 1. The molecule has 0 atom stereocenters. The number of benzene rings is 2. The van der Waals surface area contributed by atoms with E-state index in [0.717, 1.165) is 11.3 Å². The van der Waals surface area contributed by atoms with E-state index in [-0.39, 0.29) is 5.82 Å². The van der Waals surface area contributed by atoms with Gasteiger partial charge in [-0.2, -0.15) is 0 Å². The van der Waals surface area contributed by atoms with Crippen molar-refractivity contribution in [3.8, 4) is 5.75 Å². The van der Waals surface area contributed by atoms with Crippen molar-refractivity contribution in [3.63, 3.8) is 0 Å². The first kappa shape index (κ1) is 14.4. The van der Waals surface area contributed by atoms with Gasteiger partial charge in [-0.3, -0.25) is 0 Å². The number of nitrogens with one attached hydrogen (secondary N) is 1. The molecule has 0 aromatic heterocycles. The molecule has 0 heterocycles. The maximum atomic E-state index is 13.7. The Morgan fingerprint density at radius 3 is 2.80 bits per heavy atom. The Labute approximate surface area is 122 Å². The van der Waals surface area contributed by atoms with E-state index in [1.54, 1.807) is 18.2 Å². The summed E-state index contributed by atoms with van der Waals surface area (Å²) in [6.45, 7) is 4.52. The van der Waals surface area contributed by atoms with E-state index >= 15 is 0 Å². The third-order valence-corrected chi connectivity index (χ3v) is 2.96. The number of ether oxygens (including phenoxy) is 1. The second-order valence-corrected chi connectivity index (χ2v) is 4.62. The fourth-order valence-corrected chi connectivity index (χ4v) is 1.92. The van der Waals surface area contributed by atoms with Crippen LogP contribution in [-0.4, -0.2) is 6.61 Å². The largest absolute Gasteiger partial charge is 0.489 e. The Balaban J connectivity index is 2.08. The van der Waals surface area contributed by atoms with Crippen molar-refractivity contribution in [1.82, 2.24) is 0 Å². The molecular weight excluding hydrogens is 277 g/mol. The Kier molecular flexibility index (Phi) is 5.02. The van der Waals surface area contributed by atoms with Crippen molar-refractivity contribution >= 4 is 17.3 Å². The van der Waals surface area contributed by atoms with Crippen molar-refractivity contribution in [1.29, 1.82) is 0 Å². The van der Waals surface area contributed by atoms with Gasteiger partial charge in [0.15, 0.2) is 0 Å². The first-order valence-electron chi connectivity index (χ1n) is 6.21. The molecule has 1 N–H and O–H groups in total. The highest BCUT2D eigenvalue weighted by atomic mass is 35.5. The van der Waals surface area contributed by atoms with Gasteiger partial charge in [-0.1, -0.05) is 42.5 Å². The van der Waals surface area contributed by atoms with Crippen LogP contribution in [0, 0.1) is 5.82 Å². The first-order chi connectivity index (χ1) is 9.70. The molecule has 0 unspecified atom stereocenters. The predicted molar refractivity (Wildman–Crippen MR) is 80.9 cm³/mol. The van der Waals surface area contributed by atoms with Gasteiger partial charge in [0.1, 0.15) is 18.2 Å². The van der Waals surface area contributed by atoms with Crippen LogP contribution < -0.4 is 10.1 Å². The van der Waals surface area contributed by atoms with Gasteiger partial charge >= 0.3 is 0 Å². The SMILES string of the molecule is C=CCOc1ccccc1CNc1ccc(Cl)cc1F. The number of hydrogen-bond donors (Lipinski definition) is 1. The fourth-order valence-electron chi connectivity index (χ4n) is 1.76. The van der Waals surface area contributed by atoms with Crippen molar-refractivity contribution in [2.75, 3.05) is 11.9 Å². The Morgan fingerprint density at radius 2 is 2.05 bits per heavy atom. The summed E-state index contributed by atoms with van der Waals surface area (Å²) in [6.07, 6.45) is 1.68. The van der Waals surface area contributed by atoms with Crippen LogP contribution >= 0.6 is 11.6 Å². The van der Waals surface area contributed by atoms with E-state index in [9.17, 15) is 4.39 Å². The highest BCUT2D eigenvalue weighted by Gasteiger charge is 2.05. The summed E-state index contributed by atoms with van der Waals surface area (Å²) < 4.78 is 19.2. The molecule has 0 aliphatic carbocycles. The smallest absolute Gasteiger partial charge is 0.147 e. The van der Waals surface area contributed by atoms with Gasteiger partial charge in [-0.25, -0.2) is 4.39 Å². The molecule has 2 nitrogen and oxygen atoms in total. The molecule has 2 aromatic carbocycles. The van der Waals surface area contributed by atoms with Crippen molar-refractivity contribution in [3.05, 3.63) is 71.5 Å². The molecule has 0 radical (unpaired) electrons. The summed E-state index contributed by atoms with van der Waals surface area (Å²) in [5.74, 6) is 0.385. The molecular formula is C16H15ClFNO. The minimum absolute atomic E-state index is 0.373. The minimum atomic E-state index is -0.373. The van der Waals surface area contributed by atoms with E-state index in [1.165, 1.54) is 6.07 Å². The summed E-state index contributed by atoms with van der Waals surface area (Å²) >= 11 is 5.72. The molecule has 0 spiro atoms. The number of hydrogen-bond acceptors (Lipinski definition) is 2.